The van der Waals surface area contributed by atoms with Gasteiger partial charge in [-0.1, -0.05) is 0 Å². The second-order valence-corrected chi connectivity index (χ2v) is 6.76. The molecule has 2 amide bonds. The second-order valence-electron chi connectivity index (χ2n) is 6.76. The van der Waals surface area contributed by atoms with Crippen molar-refractivity contribution in [2.75, 3.05) is 37.6 Å². The van der Waals surface area contributed by atoms with Gasteiger partial charge in [-0.15, -0.1) is 0 Å². The summed E-state index contributed by atoms with van der Waals surface area (Å²) in [6, 6.07) is 1.96. The first-order valence-corrected chi connectivity index (χ1v) is 8.66. The Balaban J connectivity index is 1.60. The number of hydrogen-bond donors (Lipinski definition) is 0. The summed E-state index contributed by atoms with van der Waals surface area (Å²) in [7, 11) is 0. The summed E-state index contributed by atoms with van der Waals surface area (Å²) in [6.07, 6.45) is 4.71. The van der Waals surface area contributed by atoms with Gasteiger partial charge in [-0.2, -0.15) is 0 Å². The van der Waals surface area contributed by atoms with E-state index in [1.807, 2.05) is 23.6 Å². The van der Waals surface area contributed by atoms with Crippen LogP contribution in [-0.4, -0.2) is 70.3 Å². The van der Waals surface area contributed by atoms with E-state index in [9.17, 15) is 9.59 Å². The van der Waals surface area contributed by atoms with E-state index in [1.54, 1.807) is 18.5 Å². The van der Waals surface area contributed by atoms with Crippen LogP contribution in [0.3, 0.4) is 0 Å². The largest absolute Gasteiger partial charge is 0.341 e. The van der Waals surface area contributed by atoms with Crippen molar-refractivity contribution >= 4 is 17.8 Å². The fourth-order valence-corrected chi connectivity index (χ4v) is 3.45. The molecule has 1 aromatic heterocycles. The van der Waals surface area contributed by atoms with Crippen molar-refractivity contribution in [1.82, 2.24) is 19.8 Å². The maximum Gasteiger partial charge on any atom is 0.228 e. The fraction of sp³-hybridized carbons (Fsp3) is 0.647. The highest BCUT2D eigenvalue weighted by molar-refractivity contribution is 5.89. The highest BCUT2D eigenvalue weighted by atomic mass is 16.2. The van der Waals surface area contributed by atoms with Crippen LogP contribution in [0.15, 0.2) is 18.5 Å². The minimum atomic E-state index is -0.195. The van der Waals surface area contributed by atoms with E-state index in [1.165, 1.54) is 0 Å². The molecule has 1 atom stereocenters. The first-order valence-electron chi connectivity index (χ1n) is 8.66. The monoisotopic (exact) mass is 331 g/mol. The van der Waals surface area contributed by atoms with Crippen molar-refractivity contribution in [2.24, 2.45) is 5.92 Å². The molecule has 24 heavy (non-hydrogen) atoms. The number of aromatic nitrogens is 2. The van der Waals surface area contributed by atoms with Crippen LogP contribution in [0.2, 0.25) is 0 Å². The molecular weight excluding hydrogens is 306 g/mol. The minimum Gasteiger partial charge on any atom is -0.341 e. The number of nitrogens with zero attached hydrogens (tertiary/aromatic N) is 5. The third kappa shape index (κ3) is 3.49. The van der Waals surface area contributed by atoms with Gasteiger partial charge in [0, 0.05) is 57.6 Å². The molecule has 2 aliphatic heterocycles. The van der Waals surface area contributed by atoms with Crippen LogP contribution in [0.25, 0.3) is 0 Å². The normalized spacial score (nSPS) is 22.2. The number of carbonyl (C=O) groups is 2. The number of likely N-dealkylation sites (tertiary alicyclic amines) is 1. The lowest BCUT2D eigenvalue weighted by Gasteiger charge is -2.25. The summed E-state index contributed by atoms with van der Waals surface area (Å²) < 4.78 is 0. The Morgan fingerprint density at radius 1 is 1.17 bits per heavy atom. The number of amides is 2. The van der Waals surface area contributed by atoms with Crippen LogP contribution in [0.5, 0.6) is 0 Å². The van der Waals surface area contributed by atoms with E-state index < -0.39 is 0 Å². The maximum absolute atomic E-state index is 12.8. The summed E-state index contributed by atoms with van der Waals surface area (Å²) in [4.78, 5) is 39.3. The van der Waals surface area contributed by atoms with Gasteiger partial charge in [0.15, 0.2) is 0 Å². The third-order valence-corrected chi connectivity index (χ3v) is 4.77. The van der Waals surface area contributed by atoms with Crippen molar-refractivity contribution in [3.8, 4) is 0 Å². The lowest BCUT2D eigenvalue weighted by molar-refractivity contribution is -0.135. The summed E-state index contributed by atoms with van der Waals surface area (Å²) in [6.45, 7) is 7.50. The first kappa shape index (κ1) is 16.7. The highest BCUT2D eigenvalue weighted by Crippen LogP contribution is 2.23. The zero-order valence-corrected chi connectivity index (χ0v) is 14.4. The lowest BCUT2D eigenvalue weighted by atomic mass is 10.1. The van der Waals surface area contributed by atoms with Crippen molar-refractivity contribution < 1.29 is 9.59 Å². The van der Waals surface area contributed by atoms with Crippen LogP contribution in [-0.2, 0) is 9.59 Å². The van der Waals surface area contributed by atoms with Crippen LogP contribution in [0.1, 0.15) is 26.7 Å². The zero-order chi connectivity index (χ0) is 17.1. The quantitative estimate of drug-likeness (QED) is 0.818. The Morgan fingerprint density at radius 3 is 2.58 bits per heavy atom. The van der Waals surface area contributed by atoms with Gasteiger partial charge in [-0.3, -0.25) is 9.59 Å². The Hall–Kier alpha value is -2.18. The average Bonchev–Trinajstić information content (AvgIpc) is 2.82. The molecule has 2 aliphatic rings. The van der Waals surface area contributed by atoms with E-state index in [0.717, 1.165) is 26.1 Å². The maximum atomic E-state index is 12.8. The van der Waals surface area contributed by atoms with Gasteiger partial charge in [-0.25, -0.2) is 9.97 Å². The van der Waals surface area contributed by atoms with Crippen LogP contribution >= 0.6 is 0 Å². The Bertz CT molecular complexity index is 592. The predicted octanol–water partition coefficient (Wildman–Crippen LogP) is 0.772. The topological polar surface area (TPSA) is 69.6 Å². The van der Waals surface area contributed by atoms with Gasteiger partial charge in [-0.05, 0) is 26.3 Å². The molecule has 130 valence electrons. The smallest absolute Gasteiger partial charge is 0.228 e. The van der Waals surface area contributed by atoms with Crippen LogP contribution < -0.4 is 4.90 Å². The van der Waals surface area contributed by atoms with E-state index in [-0.39, 0.29) is 23.8 Å². The molecule has 0 bridgehead atoms. The van der Waals surface area contributed by atoms with Gasteiger partial charge in [0.05, 0.1) is 5.92 Å². The number of rotatable bonds is 3. The Labute approximate surface area is 142 Å². The van der Waals surface area contributed by atoms with E-state index in [0.29, 0.717) is 25.5 Å². The standard InChI is InChI=1S/C17H25N5O2/c1-13(2)22-12-14(11-15(22)23)16(24)20-7-4-8-21(10-9-20)17-18-5-3-6-19-17/h3,5-6,13-14H,4,7-12H2,1-2H3/t14-/m0/s1. The van der Waals surface area contributed by atoms with E-state index in [2.05, 4.69) is 14.9 Å². The van der Waals surface area contributed by atoms with Crippen LogP contribution in [0, 0.1) is 5.92 Å². The van der Waals surface area contributed by atoms with Crippen molar-refractivity contribution in [2.45, 2.75) is 32.7 Å². The van der Waals surface area contributed by atoms with Crippen molar-refractivity contribution in [3.63, 3.8) is 0 Å². The summed E-state index contributed by atoms with van der Waals surface area (Å²) in [5.41, 5.74) is 0. The molecule has 0 N–H and O–H groups in total. The molecule has 1 aromatic rings. The van der Waals surface area contributed by atoms with Gasteiger partial charge < -0.3 is 14.7 Å². The van der Waals surface area contributed by atoms with Gasteiger partial charge >= 0.3 is 0 Å². The Morgan fingerprint density at radius 2 is 1.92 bits per heavy atom. The molecule has 2 saturated heterocycles. The van der Waals surface area contributed by atoms with Gasteiger partial charge in [0.25, 0.3) is 0 Å². The van der Waals surface area contributed by atoms with Crippen molar-refractivity contribution in [1.29, 1.82) is 0 Å². The fourth-order valence-electron chi connectivity index (χ4n) is 3.45. The first-order chi connectivity index (χ1) is 11.6. The molecule has 3 heterocycles. The van der Waals surface area contributed by atoms with Crippen LogP contribution in [0.4, 0.5) is 5.95 Å². The van der Waals surface area contributed by atoms with E-state index in [4.69, 9.17) is 0 Å². The third-order valence-electron chi connectivity index (χ3n) is 4.77. The Kier molecular flexibility index (Phi) is 4.97. The van der Waals surface area contributed by atoms with Gasteiger partial charge in [0.2, 0.25) is 17.8 Å². The highest BCUT2D eigenvalue weighted by Gasteiger charge is 2.37. The molecule has 0 spiro atoms. The predicted molar refractivity (Wildman–Crippen MR) is 90.4 cm³/mol. The number of hydrogen-bond acceptors (Lipinski definition) is 5. The molecular formula is C17H25N5O2. The SMILES string of the molecule is CC(C)N1C[C@@H](C(=O)N2CCCN(c3ncccn3)CC2)CC1=O. The number of carbonyl (C=O) groups excluding carboxylic acids is 2. The average molecular weight is 331 g/mol. The summed E-state index contributed by atoms with van der Waals surface area (Å²) in [5, 5.41) is 0. The van der Waals surface area contributed by atoms with E-state index >= 15 is 0 Å². The molecule has 7 heteroatoms. The van der Waals surface area contributed by atoms with Gasteiger partial charge in [0.1, 0.15) is 0 Å². The molecule has 0 unspecified atom stereocenters. The molecule has 2 fully saturated rings. The zero-order valence-electron chi connectivity index (χ0n) is 14.4. The second kappa shape index (κ2) is 7.15. The molecule has 0 saturated carbocycles. The molecule has 0 radical (unpaired) electrons. The molecule has 7 nitrogen and oxygen atoms in total. The molecule has 0 aliphatic carbocycles. The molecule has 0 aromatic carbocycles. The lowest BCUT2D eigenvalue weighted by Crippen LogP contribution is -2.40. The van der Waals surface area contributed by atoms with Crippen molar-refractivity contribution in [3.05, 3.63) is 18.5 Å². The summed E-state index contributed by atoms with van der Waals surface area (Å²) >= 11 is 0. The minimum absolute atomic E-state index is 0.0949. The summed E-state index contributed by atoms with van der Waals surface area (Å²) in [5.74, 6) is 0.730. The number of anilines is 1. The molecule has 3 rings (SSSR count).